The lowest BCUT2D eigenvalue weighted by Crippen LogP contribution is -2.49. The molecule has 1 N–H and O–H groups in total. The van der Waals surface area contributed by atoms with Crippen molar-refractivity contribution in [3.8, 4) is 0 Å². The molecule has 2 heterocycles. The Hall–Kier alpha value is -1.43. The van der Waals surface area contributed by atoms with Crippen molar-refractivity contribution >= 4 is 11.1 Å². The van der Waals surface area contributed by atoms with Gasteiger partial charge in [0.05, 0.1) is 12.6 Å². The first-order chi connectivity index (χ1) is 10.9. The minimum atomic E-state index is -0.286. The first-order valence-corrected chi connectivity index (χ1v) is 8.39. The molecular weight excluding hydrogens is 290 g/mol. The molecule has 23 heavy (non-hydrogen) atoms. The molecular formula is C18H27N3O2. The van der Waals surface area contributed by atoms with Gasteiger partial charge in [-0.2, -0.15) is 0 Å². The summed E-state index contributed by atoms with van der Waals surface area (Å²) in [5.74, 6) is 0.786. The zero-order valence-corrected chi connectivity index (χ0v) is 14.3. The monoisotopic (exact) mass is 317 g/mol. The highest BCUT2D eigenvalue weighted by molar-refractivity contribution is 5.72. The smallest absolute Gasteiger partial charge is 0.209 e. The van der Waals surface area contributed by atoms with Crippen LogP contribution in [0, 0.1) is 5.41 Å². The molecule has 0 aliphatic carbocycles. The molecule has 3 rings (SSSR count). The van der Waals surface area contributed by atoms with Crippen LogP contribution in [0.3, 0.4) is 0 Å². The first-order valence-electron chi connectivity index (χ1n) is 8.39. The van der Waals surface area contributed by atoms with E-state index in [4.69, 9.17) is 4.42 Å². The van der Waals surface area contributed by atoms with Crippen molar-refractivity contribution in [1.82, 2.24) is 14.8 Å². The predicted molar refractivity (Wildman–Crippen MR) is 91.2 cm³/mol. The molecule has 0 radical (unpaired) electrons. The zero-order chi connectivity index (χ0) is 16.4. The highest BCUT2D eigenvalue weighted by atomic mass is 16.3. The molecule has 5 nitrogen and oxygen atoms in total. The fourth-order valence-electron chi connectivity index (χ4n) is 2.83. The molecule has 0 saturated carbocycles. The van der Waals surface area contributed by atoms with E-state index in [0.29, 0.717) is 0 Å². The van der Waals surface area contributed by atoms with Gasteiger partial charge in [0, 0.05) is 32.7 Å². The molecule has 0 amide bonds. The first kappa shape index (κ1) is 16.4. The van der Waals surface area contributed by atoms with Gasteiger partial charge < -0.3 is 9.52 Å². The quantitative estimate of drug-likeness (QED) is 0.938. The Balaban J connectivity index is 1.51. The number of fused-ring (bicyclic) bond motifs is 1. The maximum absolute atomic E-state index is 10.2. The Labute approximate surface area is 137 Å². The van der Waals surface area contributed by atoms with Crippen LogP contribution in [0.5, 0.6) is 0 Å². The number of para-hydroxylation sites is 2. The third-order valence-electron chi connectivity index (χ3n) is 4.59. The summed E-state index contributed by atoms with van der Waals surface area (Å²) >= 11 is 0. The van der Waals surface area contributed by atoms with Crippen molar-refractivity contribution in [2.45, 2.75) is 33.4 Å². The number of aliphatic hydroxyl groups excluding tert-OH is 1. The minimum absolute atomic E-state index is 0.0602. The van der Waals surface area contributed by atoms with Crippen molar-refractivity contribution in [3.63, 3.8) is 0 Å². The van der Waals surface area contributed by atoms with Crippen LogP contribution in [-0.4, -0.2) is 58.7 Å². The molecule has 0 spiro atoms. The molecule has 126 valence electrons. The van der Waals surface area contributed by atoms with Crippen molar-refractivity contribution in [2.75, 3.05) is 32.7 Å². The summed E-state index contributed by atoms with van der Waals surface area (Å²) in [6.07, 6.45) is -0.286. The van der Waals surface area contributed by atoms with E-state index >= 15 is 0 Å². The van der Waals surface area contributed by atoms with Crippen LogP contribution in [0.2, 0.25) is 0 Å². The van der Waals surface area contributed by atoms with E-state index in [1.165, 1.54) is 0 Å². The number of hydrogen-bond donors (Lipinski definition) is 1. The van der Waals surface area contributed by atoms with E-state index in [2.05, 4.69) is 35.6 Å². The van der Waals surface area contributed by atoms with Gasteiger partial charge in [-0.25, -0.2) is 4.98 Å². The number of nitrogens with zero attached hydrogens (tertiary/aromatic N) is 3. The normalized spacial score (nSPS) is 19.3. The lowest BCUT2D eigenvalue weighted by Gasteiger charge is -2.37. The molecule has 5 heteroatoms. The number of aromatic nitrogens is 1. The summed E-state index contributed by atoms with van der Waals surface area (Å²) in [4.78, 5) is 9.26. The van der Waals surface area contributed by atoms with Crippen molar-refractivity contribution in [3.05, 3.63) is 30.2 Å². The van der Waals surface area contributed by atoms with Crippen LogP contribution in [0.15, 0.2) is 28.7 Å². The van der Waals surface area contributed by atoms with Gasteiger partial charge in [0.15, 0.2) is 5.58 Å². The molecule has 1 saturated heterocycles. The summed E-state index contributed by atoms with van der Waals surface area (Å²) in [6, 6.07) is 7.89. The standard InChI is InChI=1S/C18H27N3O2/c1-18(2,3)16(22)12-20-8-10-21(11-9-20)13-17-19-14-6-4-5-7-15(14)23-17/h4-7,16,22H,8-13H2,1-3H3. The zero-order valence-electron chi connectivity index (χ0n) is 14.3. The van der Waals surface area contributed by atoms with Crippen molar-refractivity contribution in [2.24, 2.45) is 5.41 Å². The fraction of sp³-hybridized carbons (Fsp3) is 0.611. The van der Waals surface area contributed by atoms with Gasteiger partial charge in [-0.15, -0.1) is 0 Å². The molecule has 1 aromatic heterocycles. The number of β-amino-alcohol motifs (C(OH)–C–C–N with tert-alkyl or cyclic N) is 1. The van der Waals surface area contributed by atoms with Crippen LogP contribution in [-0.2, 0) is 6.54 Å². The number of hydrogen-bond acceptors (Lipinski definition) is 5. The molecule has 1 aliphatic rings. The van der Waals surface area contributed by atoms with E-state index < -0.39 is 0 Å². The van der Waals surface area contributed by atoms with Crippen molar-refractivity contribution < 1.29 is 9.52 Å². The van der Waals surface area contributed by atoms with E-state index in [1.807, 2.05) is 24.3 Å². The number of benzene rings is 1. The second-order valence-electron chi connectivity index (χ2n) is 7.53. The molecule has 1 fully saturated rings. The van der Waals surface area contributed by atoms with Gasteiger partial charge in [-0.05, 0) is 17.5 Å². The Morgan fingerprint density at radius 2 is 1.78 bits per heavy atom. The largest absolute Gasteiger partial charge is 0.439 e. The van der Waals surface area contributed by atoms with Gasteiger partial charge in [-0.1, -0.05) is 32.9 Å². The van der Waals surface area contributed by atoms with Crippen LogP contribution in [0.4, 0.5) is 0 Å². The Morgan fingerprint density at radius 3 is 2.43 bits per heavy atom. The third-order valence-corrected chi connectivity index (χ3v) is 4.59. The molecule has 0 bridgehead atoms. The van der Waals surface area contributed by atoms with Crippen LogP contribution >= 0.6 is 0 Å². The van der Waals surface area contributed by atoms with Gasteiger partial charge in [0.25, 0.3) is 0 Å². The summed E-state index contributed by atoms with van der Waals surface area (Å²) < 4.78 is 5.80. The molecule has 1 atom stereocenters. The third kappa shape index (κ3) is 4.10. The average molecular weight is 317 g/mol. The van der Waals surface area contributed by atoms with Crippen molar-refractivity contribution in [1.29, 1.82) is 0 Å². The summed E-state index contributed by atoms with van der Waals surface area (Å²) in [5, 5.41) is 10.2. The van der Waals surface area contributed by atoms with E-state index in [-0.39, 0.29) is 11.5 Å². The summed E-state index contributed by atoms with van der Waals surface area (Å²) in [6.45, 7) is 11.7. The Bertz CT molecular complexity index is 606. The molecule has 2 aromatic rings. The van der Waals surface area contributed by atoms with E-state index in [9.17, 15) is 5.11 Å². The fourth-order valence-corrected chi connectivity index (χ4v) is 2.83. The van der Waals surface area contributed by atoms with Gasteiger partial charge in [0.2, 0.25) is 5.89 Å². The highest BCUT2D eigenvalue weighted by Crippen LogP contribution is 2.21. The number of rotatable bonds is 4. The molecule has 1 aromatic carbocycles. The number of aliphatic hydroxyl groups is 1. The minimum Gasteiger partial charge on any atom is -0.439 e. The maximum atomic E-state index is 10.2. The second kappa shape index (κ2) is 6.59. The SMILES string of the molecule is CC(C)(C)C(O)CN1CCN(Cc2nc3ccccc3o2)CC1. The van der Waals surface area contributed by atoms with Crippen LogP contribution in [0.25, 0.3) is 11.1 Å². The lowest BCUT2D eigenvalue weighted by atomic mass is 9.89. The topological polar surface area (TPSA) is 52.7 Å². The van der Waals surface area contributed by atoms with Gasteiger partial charge in [-0.3, -0.25) is 9.80 Å². The van der Waals surface area contributed by atoms with Crippen LogP contribution in [0.1, 0.15) is 26.7 Å². The number of piperazine rings is 1. The van der Waals surface area contributed by atoms with E-state index in [0.717, 1.165) is 56.3 Å². The number of oxazole rings is 1. The second-order valence-corrected chi connectivity index (χ2v) is 7.53. The molecule has 1 unspecified atom stereocenters. The summed E-state index contributed by atoms with van der Waals surface area (Å²) in [5.41, 5.74) is 1.72. The van der Waals surface area contributed by atoms with Gasteiger partial charge >= 0.3 is 0 Å². The van der Waals surface area contributed by atoms with Gasteiger partial charge in [0.1, 0.15) is 5.52 Å². The predicted octanol–water partition coefficient (Wildman–Crippen LogP) is 2.35. The Morgan fingerprint density at radius 1 is 1.13 bits per heavy atom. The summed E-state index contributed by atoms with van der Waals surface area (Å²) in [7, 11) is 0. The maximum Gasteiger partial charge on any atom is 0.209 e. The highest BCUT2D eigenvalue weighted by Gasteiger charge is 2.26. The Kier molecular flexibility index (Phi) is 4.71. The van der Waals surface area contributed by atoms with E-state index in [1.54, 1.807) is 0 Å². The molecule has 1 aliphatic heterocycles. The average Bonchev–Trinajstić information content (AvgIpc) is 2.90. The van der Waals surface area contributed by atoms with Crippen LogP contribution < -0.4 is 0 Å². The lowest BCUT2D eigenvalue weighted by molar-refractivity contribution is 0.0117.